The van der Waals surface area contributed by atoms with Gasteiger partial charge >= 0.3 is 0 Å². The second-order valence-electron chi connectivity index (χ2n) is 5.16. The number of carbonyl (C=O) groups is 1. The number of hydrogen-bond donors (Lipinski definition) is 1. The predicted molar refractivity (Wildman–Crippen MR) is 72.3 cm³/mol. The molecular formula is C14H20ClNO. The lowest BCUT2D eigenvalue weighted by Gasteiger charge is -2.19. The van der Waals surface area contributed by atoms with Gasteiger partial charge in [-0.2, -0.15) is 0 Å². The molecule has 0 unspecified atom stereocenters. The Bertz CT molecular complexity index is 365. The highest BCUT2D eigenvalue weighted by Gasteiger charge is 2.12. The summed E-state index contributed by atoms with van der Waals surface area (Å²) >= 11 is 5.49. The highest BCUT2D eigenvalue weighted by molar-refractivity contribution is 6.18. The first kappa shape index (κ1) is 14.0. The highest BCUT2D eigenvalue weighted by atomic mass is 35.5. The fraction of sp³-hybridized carbons (Fsp3) is 0.500. The Kier molecular flexibility index (Phi) is 5.01. The maximum absolute atomic E-state index is 11.2. The molecule has 0 aliphatic heterocycles. The van der Waals surface area contributed by atoms with E-state index >= 15 is 0 Å². The van der Waals surface area contributed by atoms with Gasteiger partial charge in [0.25, 0.3) is 0 Å². The fourth-order valence-corrected chi connectivity index (χ4v) is 1.67. The zero-order valence-corrected chi connectivity index (χ0v) is 11.5. The Morgan fingerprint density at radius 1 is 1.24 bits per heavy atom. The lowest BCUT2D eigenvalue weighted by molar-refractivity contribution is -0.120. The first-order valence-electron chi connectivity index (χ1n) is 5.85. The third-order valence-corrected chi connectivity index (χ3v) is 2.82. The van der Waals surface area contributed by atoms with Crippen LogP contribution in [0.5, 0.6) is 0 Å². The normalized spacial score (nSPS) is 11.3. The van der Waals surface area contributed by atoms with Gasteiger partial charge in [-0.25, -0.2) is 0 Å². The van der Waals surface area contributed by atoms with Crippen molar-refractivity contribution < 1.29 is 4.79 Å². The molecule has 1 amide bonds. The van der Waals surface area contributed by atoms with Crippen LogP contribution in [0.4, 0.5) is 0 Å². The van der Waals surface area contributed by atoms with E-state index in [9.17, 15) is 4.79 Å². The number of rotatable bonds is 4. The van der Waals surface area contributed by atoms with E-state index in [1.165, 1.54) is 5.56 Å². The first-order chi connectivity index (χ1) is 7.93. The van der Waals surface area contributed by atoms with Gasteiger partial charge in [0, 0.05) is 18.8 Å². The minimum absolute atomic E-state index is 0.0000945. The summed E-state index contributed by atoms with van der Waals surface area (Å²) in [6, 6.07) is 8.34. The quantitative estimate of drug-likeness (QED) is 0.821. The van der Waals surface area contributed by atoms with Crippen LogP contribution in [0, 0.1) is 0 Å². The van der Waals surface area contributed by atoms with Crippen molar-refractivity contribution in [1.82, 2.24) is 5.32 Å². The third-order valence-electron chi connectivity index (χ3n) is 2.63. The molecule has 1 rings (SSSR count). The van der Waals surface area contributed by atoms with Gasteiger partial charge in [0.1, 0.15) is 0 Å². The Labute approximate surface area is 108 Å². The zero-order chi connectivity index (χ0) is 12.9. The van der Waals surface area contributed by atoms with Crippen molar-refractivity contribution in [2.24, 2.45) is 0 Å². The molecule has 0 saturated heterocycles. The van der Waals surface area contributed by atoms with Crippen LogP contribution < -0.4 is 5.32 Å². The van der Waals surface area contributed by atoms with Gasteiger partial charge in [-0.15, -0.1) is 11.6 Å². The maximum Gasteiger partial charge on any atom is 0.221 e. The van der Waals surface area contributed by atoms with E-state index in [1.54, 1.807) is 0 Å². The van der Waals surface area contributed by atoms with E-state index in [0.29, 0.717) is 18.8 Å². The van der Waals surface area contributed by atoms with Crippen LogP contribution in [-0.2, 0) is 16.8 Å². The smallest absolute Gasteiger partial charge is 0.221 e. The number of nitrogens with one attached hydrogen (secondary N) is 1. The molecule has 1 aromatic carbocycles. The molecule has 0 spiro atoms. The van der Waals surface area contributed by atoms with Crippen molar-refractivity contribution >= 4 is 17.5 Å². The molecular weight excluding hydrogens is 234 g/mol. The van der Waals surface area contributed by atoms with Crippen molar-refractivity contribution in [3.8, 4) is 0 Å². The number of halogens is 1. The summed E-state index contributed by atoms with van der Waals surface area (Å²) in [7, 11) is 0. The van der Waals surface area contributed by atoms with Gasteiger partial charge in [0.05, 0.1) is 0 Å². The van der Waals surface area contributed by atoms with Crippen molar-refractivity contribution in [2.45, 2.75) is 39.2 Å². The number of carbonyl (C=O) groups excluding carboxylic acids is 1. The van der Waals surface area contributed by atoms with Crippen molar-refractivity contribution in [1.29, 1.82) is 0 Å². The van der Waals surface area contributed by atoms with E-state index < -0.39 is 0 Å². The lowest BCUT2D eigenvalue weighted by atomic mass is 9.87. The van der Waals surface area contributed by atoms with Crippen LogP contribution in [0.2, 0.25) is 0 Å². The van der Waals surface area contributed by atoms with Gasteiger partial charge in [-0.05, 0) is 16.5 Å². The average molecular weight is 254 g/mol. The third kappa shape index (κ3) is 4.78. The Morgan fingerprint density at radius 3 is 2.29 bits per heavy atom. The Morgan fingerprint density at radius 2 is 1.82 bits per heavy atom. The monoisotopic (exact) mass is 253 g/mol. The van der Waals surface area contributed by atoms with Crippen molar-refractivity contribution in [2.75, 3.05) is 5.88 Å². The molecule has 0 aromatic heterocycles. The van der Waals surface area contributed by atoms with Crippen LogP contribution in [0.3, 0.4) is 0 Å². The number of alkyl halides is 1. The van der Waals surface area contributed by atoms with Gasteiger partial charge < -0.3 is 5.32 Å². The minimum atomic E-state index is -0.0000945. The molecule has 0 bridgehead atoms. The second-order valence-corrected chi connectivity index (χ2v) is 5.54. The summed E-state index contributed by atoms with van der Waals surface area (Å²) in [6.45, 7) is 7.12. The first-order valence-corrected chi connectivity index (χ1v) is 6.39. The summed E-state index contributed by atoms with van der Waals surface area (Å²) in [5.74, 6) is 0.370. The summed E-state index contributed by atoms with van der Waals surface area (Å²) < 4.78 is 0. The molecule has 3 heteroatoms. The summed E-state index contributed by atoms with van der Waals surface area (Å²) in [6.07, 6.45) is 0.377. The Balaban J connectivity index is 2.54. The van der Waals surface area contributed by atoms with Gasteiger partial charge in [-0.3, -0.25) is 4.79 Å². The molecule has 1 N–H and O–H groups in total. The molecule has 0 aliphatic carbocycles. The minimum Gasteiger partial charge on any atom is -0.352 e. The van der Waals surface area contributed by atoms with Crippen molar-refractivity contribution in [3.63, 3.8) is 0 Å². The summed E-state index contributed by atoms with van der Waals surface area (Å²) in [4.78, 5) is 11.2. The molecule has 2 nitrogen and oxygen atoms in total. The van der Waals surface area contributed by atoms with E-state index in [1.807, 2.05) is 0 Å². The number of amides is 1. The average Bonchev–Trinajstić information content (AvgIpc) is 2.26. The standard InChI is InChI=1S/C14H20ClNO/c1-14(2,3)12-6-4-11(5-7-12)10-16-13(17)8-9-15/h4-7H,8-10H2,1-3H3,(H,16,17). The number of benzene rings is 1. The molecule has 0 radical (unpaired) electrons. The highest BCUT2D eigenvalue weighted by Crippen LogP contribution is 2.22. The van der Waals surface area contributed by atoms with Crippen LogP contribution in [0.25, 0.3) is 0 Å². The van der Waals surface area contributed by atoms with Gasteiger partial charge in [-0.1, -0.05) is 45.0 Å². The SMILES string of the molecule is CC(C)(C)c1ccc(CNC(=O)CCCl)cc1. The second kappa shape index (κ2) is 6.06. The van der Waals surface area contributed by atoms with Crippen LogP contribution in [-0.4, -0.2) is 11.8 Å². The van der Waals surface area contributed by atoms with E-state index in [-0.39, 0.29) is 11.3 Å². The number of hydrogen-bond acceptors (Lipinski definition) is 1. The van der Waals surface area contributed by atoms with Crippen molar-refractivity contribution in [3.05, 3.63) is 35.4 Å². The lowest BCUT2D eigenvalue weighted by Crippen LogP contribution is -2.22. The summed E-state index contributed by atoms with van der Waals surface area (Å²) in [5.41, 5.74) is 2.58. The molecule has 1 aromatic rings. The molecule has 94 valence electrons. The van der Waals surface area contributed by atoms with Gasteiger partial charge in [0.15, 0.2) is 0 Å². The topological polar surface area (TPSA) is 29.1 Å². The van der Waals surface area contributed by atoms with Crippen LogP contribution in [0.15, 0.2) is 24.3 Å². The van der Waals surface area contributed by atoms with E-state index in [0.717, 1.165) is 5.56 Å². The molecule has 0 heterocycles. The molecule has 17 heavy (non-hydrogen) atoms. The largest absolute Gasteiger partial charge is 0.352 e. The molecule has 0 saturated carbocycles. The van der Waals surface area contributed by atoms with Gasteiger partial charge in [0.2, 0.25) is 5.91 Å². The van der Waals surface area contributed by atoms with Crippen LogP contribution >= 0.6 is 11.6 Å². The van der Waals surface area contributed by atoms with E-state index in [2.05, 4.69) is 50.4 Å². The summed E-state index contributed by atoms with van der Waals surface area (Å²) in [5, 5.41) is 2.83. The Hall–Kier alpha value is -1.02. The molecule has 0 aliphatic rings. The molecule has 0 fully saturated rings. The molecule has 0 atom stereocenters. The predicted octanol–water partition coefficient (Wildman–Crippen LogP) is 3.23. The zero-order valence-electron chi connectivity index (χ0n) is 10.7. The van der Waals surface area contributed by atoms with E-state index in [4.69, 9.17) is 11.6 Å². The fourth-order valence-electron chi connectivity index (χ4n) is 1.50. The van der Waals surface area contributed by atoms with Crippen LogP contribution in [0.1, 0.15) is 38.3 Å². The maximum atomic E-state index is 11.2.